The normalized spacial score (nSPS) is 10.7. The highest BCUT2D eigenvalue weighted by atomic mass is 32.1. The molecule has 5 aromatic rings. The van der Waals surface area contributed by atoms with E-state index in [2.05, 4.69) is 21.7 Å². The van der Waals surface area contributed by atoms with Gasteiger partial charge in [-0.25, -0.2) is 4.98 Å². The first kappa shape index (κ1) is 24.0. The Morgan fingerprint density at radius 2 is 1.62 bits per heavy atom. The molecule has 1 amide bonds. The van der Waals surface area contributed by atoms with E-state index in [0.717, 1.165) is 32.6 Å². The number of rotatable bonds is 6. The fourth-order valence-corrected chi connectivity index (χ4v) is 5.39. The molecule has 0 aliphatic heterocycles. The summed E-state index contributed by atoms with van der Waals surface area (Å²) in [6.45, 7) is 4.41. The highest BCUT2D eigenvalue weighted by Gasteiger charge is 2.26. The summed E-state index contributed by atoms with van der Waals surface area (Å²) in [6, 6.07) is 27.8. The van der Waals surface area contributed by atoms with E-state index in [0.29, 0.717) is 33.8 Å². The van der Waals surface area contributed by atoms with Crippen molar-refractivity contribution in [1.29, 1.82) is 5.26 Å². The lowest BCUT2D eigenvalue weighted by Gasteiger charge is -2.10. The van der Waals surface area contributed by atoms with Gasteiger partial charge in [-0.3, -0.25) is 4.79 Å². The number of nitrogens with zero attached hydrogens (tertiary/aromatic N) is 2. The van der Waals surface area contributed by atoms with Gasteiger partial charge in [0.2, 0.25) is 0 Å². The van der Waals surface area contributed by atoms with E-state index >= 15 is 0 Å². The van der Waals surface area contributed by atoms with Crippen LogP contribution in [-0.4, -0.2) is 10.9 Å². The number of aryl methyl sites for hydroxylation is 2. The van der Waals surface area contributed by atoms with E-state index < -0.39 is 0 Å². The minimum atomic E-state index is -0.267. The zero-order chi connectivity index (χ0) is 25.9. The number of aromatic nitrogens is 1. The predicted octanol–water partition coefficient (Wildman–Crippen LogP) is 6.71. The van der Waals surface area contributed by atoms with Crippen LogP contribution in [0.2, 0.25) is 0 Å². The molecule has 6 nitrogen and oxygen atoms in total. The molecule has 0 unspecified atom stereocenters. The Kier molecular flexibility index (Phi) is 6.59. The van der Waals surface area contributed by atoms with Crippen molar-refractivity contribution in [3.05, 3.63) is 107 Å². The van der Waals surface area contributed by atoms with Gasteiger partial charge in [0.05, 0.1) is 10.2 Å². The molecular formula is C30H25N5OS. The van der Waals surface area contributed by atoms with E-state index in [1.54, 1.807) is 0 Å². The Bertz CT molecular complexity index is 1630. The number of fused-ring (bicyclic) bond motifs is 1. The third-order valence-corrected chi connectivity index (χ3v) is 7.24. The number of nitrogens with one attached hydrogen (secondary N) is 2. The second-order valence-corrected chi connectivity index (χ2v) is 9.89. The molecule has 2 aromatic heterocycles. The van der Waals surface area contributed by atoms with Gasteiger partial charge in [-0.15, -0.1) is 11.3 Å². The average Bonchev–Trinajstić information content (AvgIpc) is 3.26. The Morgan fingerprint density at radius 1 is 0.973 bits per heavy atom. The minimum Gasteiger partial charge on any atom is -0.383 e. The summed E-state index contributed by atoms with van der Waals surface area (Å²) in [5.74, 6) is -0.168. The quantitative estimate of drug-likeness (QED) is 0.239. The zero-order valence-electron chi connectivity index (χ0n) is 20.5. The molecule has 182 valence electrons. The number of pyridine rings is 1. The van der Waals surface area contributed by atoms with Crippen LogP contribution in [0.4, 0.5) is 16.5 Å². The standard InChI is InChI=1S/C30H25N5OS/c1-18-8-12-21(13-9-18)24-23(16-31)28(32)35-26-25(29(36)33-17-20-6-4-3-5-7-20)30(37-27(24)26)34-22-14-10-19(2)11-15-22/h3-15,34H,17H2,1-2H3,(H2,32,35)(H,33,36). The van der Waals surface area contributed by atoms with Crippen LogP contribution >= 0.6 is 11.3 Å². The van der Waals surface area contributed by atoms with Crippen molar-refractivity contribution >= 4 is 44.0 Å². The topological polar surface area (TPSA) is 104 Å². The van der Waals surface area contributed by atoms with Crippen molar-refractivity contribution in [2.24, 2.45) is 0 Å². The van der Waals surface area contributed by atoms with Crippen LogP contribution in [-0.2, 0) is 6.54 Å². The van der Waals surface area contributed by atoms with E-state index in [1.165, 1.54) is 11.3 Å². The van der Waals surface area contributed by atoms with Gasteiger partial charge in [0.1, 0.15) is 28.0 Å². The number of amides is 1. The average molecular weight is 504 g/mol. The summed E-state index contributed by atoms with van der Waals surface area (Å²) in [5.41, 5.74) is 13.1. The highest BCUT2D eigenvalue weighted by molar-refractivity contribution is 7.24. The van der Waals surface area contributed by atoms with E-state index in [4.69, 9.17) is 5.73 Å². The highest BCUT2D eigenvalue weighted by Crippen LogP contribution is 2.44. The lowest BCUT2D eigenvalue weighted by Crippen LogP contribution is -2.23. The largest absolute Gasteiger partial charge is 0.383 e. The van der Waals surface area contributed by atoms with Crippen LogP contribution in [0.5, 0.6) is 0 Å². The van der Waals surface area contributed by atoms with Crippen molar-refractivity contribution in [3.8, 4) is 17.2 Å². The maximum atomic E-state index is 13.6. The van der Waals surface area contributed by atoms with Crippen LogP contribution in [0.1, 0.15) is 32.6 Å². The predicted molar refractivity (Wildman–Crippen MR) is 151 cm³/mol. The molecule has 0 spiro atoms. The summed E-state index contributed by atoms with van der Waals surface area (Å²) >= 11 is 1.40. The molecule has 4 N–H and O–H groups in total. The van der Waals surface area contributed by atoms with Gasteiger partial charge in [-0.2, -0.15) is 5.26 Å². The van der Waals surface area contributed by atoms with Gasteiger partial charge in [-0.05, 0) is 37.1 Å². The van der Waals surface area contributed by atoms with Crippen molar-refractivity contribution in [2.75, 3.05) is 11.1 Å². The molecule has 5 rings (SSSR count). The maximum absolute atomic E-state index is 13.6. The molecule has 2 heterocycles. The number of carbonyl (C=O) groups excluding carboxylic acids is 1. The van der Waals surface area contributed by atoms with Crippen LogP contribution in [0, 0.1) is 25.2 Å². The molecule has 0 atom stereocenters. The molecule has 3 aromatic carbocycles. The molecule has 0 radical (unpaired) electrons. The molecular weight excluding hydrogens is 478 g/mol. The Hall–Kier alpha value is -4.67. The fraction of sp³-hybridized carbons (Fsp3) is 0.100. The summed E-state index contributed by atoms with van der Waals surface area (Å²) in [4.78, 5) is 18.2. The van der Waals surface area contributed by atoms with Crippen molar-refractivity contribution in [2.45, 2.75) is 20.4 Å². The fourth-order valence-electron chi connectivity index (χ4n) is 4.16. The van der Waals surface area contributed by atoms with Gasteiger partial charge in [-0.1, -0.05) is 77.9 Å². The number of hydrogen-bond donors (Lipinski definition) is 3. The Labute approximate surface area is 219 Å². The molecule has 7 heteroatoms. The lowest BCUT2D eigenvalue weighted by molar-refractivity contribution is 0.0953. The monoisotopic (exact) mass is 503 g/mol. The van der Waals surface area contributed by atoms with Gasteiger partial charge in [0.15, 0.2) is 0 Å². The third kappa shape index (κ3) is 4.88. The molecule has 0 fully saturated rings. The van der Waals surface area contributed by atoms with Crippen LogP contribution in [0.15, 0.2) is 78.9 Å². The number of nitriles is 1. The zero-order valence-corrected chi connectivity index (χ0v) is 21.3. The van der Waals surface area contributed by atoms with E-state index in [-0.39, 0.29) is 11.7 Å². The van der Waals surface area contributed by atoms with E-state index in [1.807, 2.05) is 92.7 Å². The first-order valence-corrected chi connectivity index (χ1v) is 12.6. The number of thiophene rings is 1. The third-order valence-electron chi connectivity index (χ3n) is 6.13. The molecule has 0 saturated carbocycles. The van der Waals surface area contributed by atoms with E-state index in [9.17, 15) is 10.1 Å². The first-order chi connectivity index (χ1) is 17.9. The molecule has 0 bridgehead atoms. The summed E-state index contributed by atoms with van der Waals surface area (Å²) in [5, 5.41) is 17.0. The number of anilines is 3. The second kappa shape index (κ2) is 10.1. The summed E-state index contributed by atoms with van der Waals surface area (Å²) in [7, 11) is 0. The van der Waals surface area contributed by atoms with Crippen molar-refractivity contribution in [1.82, 2.24) is 10.3 Å². The molecule has 0 aliphatic rings. The van der Waals surface area contributed by atoms with Gasteiger partial charge in [0.25, 0.3) is 5.91 Å². The SMILES string of the molecule is Cc1ccc(Nc2sc3c(-c4ccc(C)cc4)c(C#N)c(N)nc3c2C(=O)NCc2ccccc2)cc1. The minimum absolute atomic E-state index is 0.0994. The van der Waals surface area contributed by atoms with Crippen LogP contribution < -0.4 is 16.4 Å². The maximum Gasteiger partial charge on any atom is 0.256 e. The Balaban J connectivity index is 1.68. The van der Waals surface area contributed by atoms with Crippen molar-refractivity contribution < 1.29 is 4.79 Å². The number of nitrogen functional groups attached to an aromatic ring is 1. The Morgan fingerprint density at radius 3 is 2.27 bits per heavy atom. The molecule has 37 heavy (non-hydrogen) atoms. The number of benzene rings is 3. The number of hydrogen-bond acceptors (Lipinski definition) is 6. The van der Waals surface area contributed by atoms with Gasteiger partial charge >= 0.3 is 0 Å². The van der Waals surface area contributed by atoms with Gasteiger partial charge < -0.3 is 16.4 Å². The molecule has 0 saturated heterocycles. The first-order valence-electron chi connectivity index (χ1n) is 11.8. The number of carbonyl (C=O) groups is 1. The van der Waals surface area contributed by atoms with Crippen LogP contribution in [0.25, 0.3) is 21.3 Å². The summed E-state index contributed by atoms with van der Waals surface area (Å²) < 4.78 is 0.731. The smallest absolute Gasteiger partial charge is 0.256 e. The number of nitrogens with two attached hydrogens (primary N) is 1. The summed E-state index contributed by atoms with van der Waals surface area (Å²) in [6.07, 6.45) is 0. The molecule has 0 aliphatic carbocycles. The second-order valence-electron chi connectivity index (χ2n) is 8.87. The van der Waals surface area contributed by atoms with Crippen LogP contribution in [0.3, 0.4) is 0 Å². The van der Waals surface area contributed by atoms with Crippen molar-refractivity contribution in [3.63, 3.8) is 0 Å². The lowest BCUT2D eigenvalue weighted by atomic mass is 9.99. The van der Waals surface area contributed by atoms with Gasteiger partial charge in [0, 0.05) is 17.8 Å².